The molecule has 40 heavy (non-hydrogen) atoms. The Kier molecular flexibility index (Phi) is 8.44. The van der Waals surface area contributed by atoms with Crippen LogP contribution < -0.4 is 5.32 Å². The molecule has 3 heterocycles. The number of carbonyl (C=O) groups is 1. The lowest BCUT2D eigenvalue weighted by atomic mass is 9.54. The maximum atomic E-state index is 13.8. The first-order valence-corrected chi connectivity index (χ1v) is 15.8. The summed E-state index contributed by atoms with van der Waals surface area (Å²) in [5.74, 6) is 4.11. The number of amides is 1. The summed E-state index contributed by atoms with van der Waals surface area (Å²) in [6, 6.07) is 8.73. The van der Waals surface area contributed by atoms with Gasteiger partial charge in [-0.05, 0) is 111 Å². The summed E-state index contributed by atoms with van der Waals surface area (Å²) in [6.45, 7) is 5.26. The first-order valence-electron chi connectivity index (χ1n) is 14.6. The van der Waals surface area contributed by atoms with Gasteiger partial charge in [-0.25, -0.2) is 4.39 Å². The number of piperazine rings is 1. The van der Waals surface area contributed by atoms with E-state index in [1.807, 2.05) is 11.0 Å². The van der Waals surface area contributed by atoms with Crippen molar-refractivity contribution < 1.29 is 13.6 Å². The van der Waals surface area contributed by atoms with Crippen molar-refractivity contribution in [2.45, 2.75) is 51.0 Å². The van der Waals surface area contributed by atoms with Crippen molar-refractivity contribution in [1.29, 1.82) is 0 Å². The molecule has 0 radical (unpaired) electrons. The van der Waals surface area contributed by atoms with Crippen LogP contribution in [0.5, 0.6) is 0 Å². The molecule has 1 amide bonds. The third-order valence-corrected chi connectivity index (χ3v) is 11.0. The van der Waals surface area contributed by atoms with Gasteiger partial charge in [-0.1, -0.05) is 24.0 Å². The van der Waals surface area contributed by atoms with E-state index in [1.165, 1.54) is 56.0 Å². The van der Waals surface area contributed by atoms with Gasteiger partial charge >= 0.3 is 0 Å². The van der Waals surface area contributed by atoms with E-state index in [9.17, 15) is 9.18 Å². The van der Waals surface area contributed by atoms with Crippen LogP contribution in [-0.2, 0) is 11.2 Å². The van der Waals surface area contributed by atoms with Crippen molar-refractivity contribution in [3.63, 3.8) is 0 Å². The molecule has 8 rings (SSSR count). The highest BCUT2D eigenvalue weighted by atomic mass is 35.5. The average molecular weight is 602 g/mol. The number of thioether (sulfide) groups is 1. The van der Waals surface area contributed by atoms with E-state index >= 15 is 0 Å². The van der Waals surface area contributed by atoms with Gasteiger partial charge in [0.05, 0.1) is 4.91 Å². The second-order valence-electron chi connectivity index (χ2n) is 12.2. The highest BCUT2D eigenvalue weighted by molar-refractivity contribution is 8.26. The van der Waals surface area contributed by atoms with Gasteiger partial charge in [0, 0.05) is 43.9 Å². The van der Waals surface area contributed by atoms with Crippen LogP contribution in [0.25, 0.3) is 17.4 Å². The van der Waals surface area contributed by atoms with Gasteiger partial charge < -0.3 is 14.6 Å². The number of nitrogens with zero attached hydrogens (tertiary/aromatic N) is 2. The summed E-state index contributed by atoms with van der Waals surface area (Å²) < 4.78 is 20.6. The standard InChI is InChI=1S/C31H36FN3O2S2.ClH/c32-25-5-3-21(4-6-25)26-17-22(2-1-9-34-10-7-33-8-11-34)27(37-26)18-28-30(36)35(31(38)39-28)29-23-13-19-12-20(15-23)16-24(29)14-19;/h3-6,17-20,23-24,29,33H,1-2,7-16H2;1H/b28-18-;. The zero-order valence-electron chi connectivity index (χ0n) is 22.6. The Hall–Kier alpha value is -1.71. The van der Waals surface area contributed by atoms with Crippen LogP contribution in [0.2, 0.25) is 0 Å². The number of hydrogen-bond donors (Lipinski definition) is 1. The van der Waals surface area contributed by atoms with E-state index in [1.54, 1.807) is 12.1 Å². The number of nitrogens with one attached hydrogen (secondary N) is 1. The fraction of sp³-hybridized carbons (Fsp3) is 0.548. The Balaban J connectivity index is 0.00000289. The number of hydrogen-bond acceptors (Lipinski definition) is 6. The zero-order valence-corrected chi connectivity index (χ0v) is 25.1. The molecule has 9 heteroatoms. The summed E-state index contributed by atoms with van der Waals surface area (Å²) in [5.41, 5.74) is 1.92. The lowest BCUT2D eigenvalue weighted by molar-refractivity contribution is -0.130. The van der Waals surface area contributed by atoms with Gasteiger partial charge in [0.25, 0.3) is 5.91 Å². The first kappa shape index (κ1) is 28.4. The van der Waals surface area contributed by atoms with E-state index in [2.05, 4.69) is 16.3 Å². The van der Waals surface area contributed by atoms with Crippen molar-refractivity contribution in [2.24, 2.45) is 23.7 Å². The maximum Gasteiger partial charge on any atom is 0.266 e. The van der Waals surface area contributed by atoms with Crippen LogP contribution in [-0.4, -0.2) is 58.8 Å². The fourth-order valence-electron chi connectivity index (χ4n) is 8.12. The van der Waals surface area contributed by atoms with Crippen molar-refractivity contribution in [1.82, 2.24) is 15.1 Å². The average Bonchev–Trinajstić information content (AvgIpc) is 3.45. The van der Waals surface area contributed by atoms with E-state index in [4.69, 9.17) is 16.6 Å². The Morgan fingerprint density at radius 2 is 1.73 bits per heavy atom. The third-order valence-electron chi connectivity index (χ3n) is 9.66. The van der Waals surface area contributed by atoms with Crippen molar-refractivity contribution in [2.75, 3.05) is 32.7 Å². The molecule has 0 spiro atoms. The van der Waals surface area contributed by atoms with Crippen LogP contribution in [0.3, 0.4) is 0 Å². The molecule has 6 fully saturated rings. The highest BCUT2D eigenvalue weighted by Crippen LogP contribution is 2.56. The lowest BCUT2D eigenvalue weighted by Crippen LogP contribution is -2.57. The van der Waals surface area contributed by atoms with Gasteiger partial charge in [-0.3, -0.25) is 9.69 Å². The molecule has 6 aliphatic rings. The Morgan fingerprint density at radius 3 is 2.40 bits per heavy atom. The minimum Gasteiger partial charge on any atom is -0.456 e. The monoisotopic (exact) mass is 601 g/mol. The maximum absolute atomic E-state index is 13.8. The molecule has 1 aromatic carbocycles. The minimum absolute atomic E-state index is 0. The molecule has 0 atom stereocenters. The largest absolute Gasteiger partial charge is 0.456 e. The van der Waals surface area contributed by atoms with Crippen LogP contribution in [0.1, 0.15) is 49.8 Å². The predicted octanol–water partition coefficient (Wildman–Crippen LogP) is 6.37. The molecule has 2 aliphatic heterocycles. The Labute approximate surface area is 251 Å². The number of benzene rings is 1. The smallest absolute Gasteiger partial charge is 0.266 e. The Morgan fingerprint density at radius 1 is 1.05 bits per heavy atom. The van der Waals surface area contributed by atoms with Gasteiger partial charge in [0.1, 0.15) is 21.7 Å². The highest BCUT2D eigenvalue weighted by Gasteiger charge is 2.53. The first-order chi connectivity index (χ1) is 19.0. The number of aryl methyl sites for hydroxylation is 1. The Bertz CT molecular complexity index is 1260. The normalized spacial score (nSPS) is 30.9. The topological polar surface area (TPSA) is 48.7 Å². The molecule has 2 saturated heterocycles. The SMILES string of the molecule is Cl.O=C1/C(=C/c2oc(-c3ccc(F)cc3)cc2CCCN2CCNCC2)SC(=S)N1C1C2CC3CC(C2)CC1C3. The lowest BCUT2D eigenvalue weighted by Gasteiger charge is -2.56. The van der Waals surface area contributed by atoms with E-state index in [0.717, 1.165) is 74.3 Å². The molecule has 1 aromatic heterocycles. The second-order valence-corrected chi connectivity index (χ2v) is 13.9. The van der Waals surface area contributed by atoms with E-state index in [0.29, 0.717) is 26.8 Å². The van der Waals surface area contributed by atoms with Gasteiger partial charge in [0.2, 0.25) is 0 Å². The van der Waals surface area contributed by atoms with E-state index in [-0.39, 0.29) is 30.2 Å². The molecule has 4 aliphatic carbocycles. The molecule has 4 bridgehead atoms. The third kappa shape index (κ3) is 5.54. The molecule has 1 N–H and O–H groups in total. The molecule has 5 nitrogen and oxygen atoms in total. The quantitative estimate of drug-likeness (QED) is 0.294. The van der Waals surface area contributed by atoms with Crippen LogP contribution in [0.4, 0.5) is 4.39 Å². The van der Waals surface area contributed by atoms with Crippen LogP contribution in [0, 0.1) is 29.5 Å². The zero-order chi connectivity index (χ0) is 26.5. The number of carbonyl (C=O) groups excluding carboxylic acids is 1. The number of rotatable bonds is 7. The number of halogens is 2. The van der Waals surface area contributed by atoms with Crippen LogP contribution >= 0.6 is 36.4 Å². The van der Waals surface area contributed by atoms with Crippen molar-refractivity contribution in [3.05, 3.63) is 52.4 Å². The minimum atomic E-state index is -0.268. The molecule has 4 saturated carbocycles. The summed E-state index contributed by atoms with van der Waals surface area (Å²) in [4.78, 5) is 19.0. The fourth-order valence-corrected chi connectivity index (χ4v) is 9.44. The number of furan rings is 1. The molecule has 214 valence electrons. The summed E-state index contributed by atoms with van der Waals surface area (Å²) in [7, 11) is 0. The molecular weight excluding hydrogens is 565 g/mol. The van der Waals surface area contributed by atoms with Crippen molar-refractivity contribution >= 4 is 52.7 Å². The number of thiocarbonyl (C=S) groups is 1. The molecule has 2 aromatic rings. The van der Waals surface area contributed by atoms with Gasteiger partial charge in [-0.15, -0.1) is 12.4 Å². The molecular formula is C31H37ClFN3O2S2. The van der Waals surface area contributed by atoms with Crippen molar-refractivity contribution in [3.8, 4) is 11.3 Å². The van der Waals surface area contributed by atoms with Crippen LogP contribution in [0.15, 0.2) is 39.7 Å². The summed E-state index contributed by atoms with van der Waals surface area (Å²) >= 11 is 7.26. The molecule has 0 unspecified atom stereocenters. The summed E-state index contributed by atoms with van der Waals surface area (Å²) in [5, 5.41) is 3.41. The predicted molar refractivity (Wildman–Crippen MR) is 165 cm³/mol. The van der Waals surface area contributed by atoms with Gasteiger partial charge in [0.15, 0.2) is 0 Å². The second kappa shape index (κ2) is 11.9. The summed E-state index contributed by atoms with van der Waals surface area (Å²) in [6.07, 6.45) is 10.2. The van der Waals surface area contributed by atoms with E-state index < -0.39 is 0 Å². The van der Waals surface area contributed by atoms with Gasteiger partial charge in [-0.2, -0.15) is 0 Å².